The average molecular weight is 441 g/mol. The summed E-state index contributed by atoms with van der Waals surface area (Å²) in [5, 5.41) is 5.29. The molecule has 1 N–H and O–H groups in total. The number of morpholine rings is 1. The smallest absolute Gasteiger partial charge is 0.229 e. The third-order valence-corrected chi connectivity index (χ3v) is 5.60. The van der Waals surface area contributed by atoms with Crippen LogP contribution in [-0.2, 0) is 17.6 Å². The number of ether oxygens (including phenoxy) is 1. The lowest BCUT2D eigenvalue weighted by Crippen LogP contribution is -2.37. The summed E-state index contributed by atoms with van der Waals surface area (Å²) in [6.07, 6.45) is 6.66. The van der Waals surface area contributed by atoms with E-state index in [0.717, 1.165) is 99.1 Å². The molecule has 3 heterocycles. The molecule has 3 aromatic rings. The van der Waals surface area contributed by atoms with Crippen LogP contribution < -0.4 is 10.2 Å². The Hall–Kier alpha value is -2.51. The quantitative estimate of drug-likeness (QED) is 0.497. The number of anilines is 2. The summed E-state index contributed by atoms with van der Waals surface area (Å²) in [6, 6.07) is 7.79. The van der Waals surface area contributed by atoms with Crippen molar-refractivity contribution in [2.75, 3.05) is 43.1 Å². The molecule has 0 radical (unpaired) electrons. The number of rotatable bonds is 9. The SMILES string of the molecule is CCCCc1nc(CCCNc2ccnc3cc(Cl)ccc23)nc(N2CCOCC2)n1. The van der Waals surface area contributed by atoms with Gasteiger partial charge in [0.05, 0.1) is 18.7 Å². The standard InChI is InChI=1S/C23H29ClN6O/c1-2-3-5-21-27-22(29-23(28-21)30-12-14-31-15-13-30)6-4-10-25-19-9-11-26-20-16-17(24)7-8-18(19)20/h7-9,11,16H,2-6,10,12-15H2,1H3,(H,25,26). The van der Waals surface area contributed by atoms with Crippen molar-refractivity contribution in [3.8, 4) is 0 Å². The maximum atomic E-state index is 6.09. The predicted octanol–water partition coefficient (Wildman–Crippen LogP) is 4.30. The minimum Gasteiger partial charge on any atom is -0.384 e. The van der Waals surface area contributed by atoms with Crippen LogP contribution in [0.5, 0.6) is 0 Å². The van der Waals surface area contributed by atoms with E-state index in [1.165, 1.54) is 0 Å². The molecular formula is C23H29ClN6O. The summed E-state index contributed by atoms with van der Waals surface area (Å²) in [5.41, 5.74) is 1.96. The minimum absolute atomic E-state index is 0.696. The lowest BCUT2D eigenvalue weighted by molar-refractivity contribution is 0.122. The van der Waals surface area contributed by atoms with Crippen molar-refractivity contribution in [3.05, 3.63) is 47.1 Å². The second-order valence-corrected chi connectivity index (χ2v) is 8.16. The van der Waals surface area contributed by atoms with Crippen LogP contribution in [0.15, 0.2) is 30.5 Å². The molecule has 1 aliphatic heterocycles. The molecule has 0 spiro atoms. The summed E-state index contributed by atoms with van der Waals surface area (Å²) in [7, 11) is 0. The second-order valence-electron chi connectivity index (χ2n) is 7.72. The molecule has 0 aliphatic carbocycles. The van der Waals surface area contributed by atoms with E-state index in [0.29, 0.717) is 5.02 Å². The van der Waals surface area contributed by atoms with Gasteiger partial charge in [-0.15, -0.1) is 0 Å². The van der Waals surface area contributed by atoms with Crippen LogP contribution in [0.1, 0.15) is 37.8 Å². The van der Waals surface area contributed by atoms with Crippen LogP contribution in [-0.4, -0.2) is 52.8 Å². The van der Waals surface area contributed by atoms with E-state index in [1.54, 1.807) is 0 Å². The number of fused-ring (bicyclic) bond motifs is 1. The Bertz CT molecular complexity index is 1010. The molecule has 0 atom stereocenters. The molecule has 0 bridgehead atoms. The fourth-order valence-corrected chi connectivity index (χ4v) is 3.83. The lowest BCUT2D eigenvalue weighted by atomic mass is 10.2. The average Bonchev–Trinajstić information content (AvgIpc) is 2.81. The molecule has 7 nitrogen and oxygen atoms in total. The molecule has 4 rings (SSSR count). The Kier molecular flexibility index (Phi) is 7.48. The highest BCUT2D eigenvalue weighted by atomic mass is 35.5. The molecule has 0 saturated carbocycles. The molecule has 31 heavy (non-hydrogen) atoms. The Morgan fingerprint density at radius 1 is 1.03 bits per heavy atom. The molecule has 0 amide bonds. The predicted molar refractivity (Wildman–Crippen MR) is 125 cm³/mol. The number of aromatic nitrogens is 4. The van der Waals surface area contributed by atoms with Crippen molar-refractivity contribution >= 4 is 34.1 Å². The first-order valence-corrected chi connectivity index (χ1v) is 11.5. The Balaban J connectivity index is 1.40. The Labute approximate surface area is 188 Å². The minimum atomic E-state index is 0.696. The monoisotopic (exact) mass is 440 g/mol. The third kappa shape index (κ3) is 5.80. The summed E-state index contributed by atoms with van der Waals surface area (Å²) in [5.74, 6) is 2.57. The van der Waals surface area contributed by atoms with Gasteiger partial charge in [-0.2, -0.15) is 9.97 Å². The van der Waals surface area contributed by atoms with Gasteiger partial charge < -0.3 is 15.0 Å². The number of nitrogens with zero attached hydrogens (tertiary/aromatic N) is 5. The van der Waals surface area contributed by atoms with Crippen molar-refractivity contribution in [1.82, 2.24) is 19.9 Å². The van der Waals surface area contributed by atoms with Gasteiger partial charge in [-0.25, -0.2) is 4.98 Å². The van der Waals surface area contributed by atoms with Gasteiger partial charge in [-0.3, -0.25) is 4.98 Å². The van der Waals surface area contributed by atoms with Gasteiger partial charge in [0.2, 0.25) is 5.95 Å². The fourth-order valence-electron chi connectivity index (χ4n) is 3.66. The third-order valence-electron chi connectivity index (χ3n) is 5.36. The van der Waals surface area contributed by atoms with Crippen molar-refractivity contribution in [3.63, 3.8) is 0 Å². The van der Waals surface area contributed by atoms with Gasteiger partial charge in [0.25, 0.3) is 0 Å². The molecule has 1 aliphatic rings. The first-order chi connectivity index (χ1) is 15.2. The zero-order chi connectivity index (χ0) is 21.5. The Morgan fingerprint density at radius 2 is 1.81 bits per heavy atom. The highest BCUT2D eigenvalue weighted by Gasteiger charge is 2.16. The van der Waals surface area contributed by atoms with Crippen molar-refractivity contribution < 1.29 is 4.74 Å². The van der Waals surface area contributed by atoms with Gasteiger partial charge in [-0.05, 0) is 37.1 Å². The molecule has 8 heteroatoms. The molecule has 0 unspecified atom stereocenters. The fraction of sp³-hybridized carbons (Fsp3) is 0.478. The number of halogens is 1. The largest absolute Gasteiger partial charge is 0.384 e. The van der Waals surface area contributed by atoms with Gasteiger partial charge >= 0.3 is 0 Å². The number of aryl methyl sites for hydroxylation is 2. The summed E-state index contributed by atoms with van der Waals surface area (Å²) in [4.78, 5) is 20.8. The van der Waals surface area contributed by atoms with E-state index in [4.69, 9.17) is 31.3 Å². The number of hydrogen-bond donors (Lipinski definition) is 1. The van der Waals surface area contributed by atoms with Gasteiger partial charge in [0.15, 0.2) is 0 Å². The zero-order valence-electron chi connectivity index (χ0n) is 18.0. The van der Waals surface area contributed by atoms with Crippen molar-refractivity contribution in [1.29, 1.82) is 0 Å². The number of hydrogen-bond acceptors (Lipinski definition) is 7. The van der Waals surface area contributed by atoms with E-state index in [9.17, 15) is 0 Å². The van der Waals surface area contributed by atoms with E-state index >= 15 is 0 Å². The Morgan fingerprint density at radius 3 is 2.58 bits per heavy atom. The van der Waals surface area contributed by atoms with Gasteiger partial charge in [0, 0.05) is 54.8 Å². The van der Waals surface area contributed by atoms with E-state index in [-0.39, 0.29) is 0 Å². The molecule has 2 aromatic heterocycles. The highest BCUT2D eigenvalue weighted by molar-refractivity contribution is 6.31. The van der Waals surface area contributed by atoms with Gasteiger partial charge in [-0.1, -0.05) is 24.9 Å². The van der Waals surface area contributed by atoms with Crippen LogP contribution in [0.2, 0.25) is 5.02 Å². The van der Waals surface area contributed by atoms with E-state index in [2.05, 4.69) is 22.1 Å². The molecular weight excluding hydrogens is 412 g/mol. The van der Waals surface area contributed by atoms with Crippen LogP contribution in [0.4, 0.5) is 11.6 Å². The lowest BCUT2D eigenvalue weighted by Gasteiger charge is -2.27. The normalized spacial score (nSPS) is 14.2. The number of unbranched alkanes of at least 4 members (excludes halogenated alkanes) is 1. The van der Waals surface area contributed by atoms with Crippen LogP contribution in [0.25, 0.3) is 10.9 Å². The number of benzene rings is 1. The summed E-state index contributed by atoms with van der Waals surface area (Å²) in [6.45, 7) is 6.12. The maximum absolute atomic E-state index is 6.09. The van der Waals surface area contributed by atoms with E-state index in [1.807, 2.05) is 30.5 Å². The second kappa shape index (κ2) is 10.7. The first-order valence-electron chi connectivity index (χ1n) is 11.1. The summed E-state index contributed by atoms with van der Waals surface area (Å²) < 4.78 is 5.47. The maximum Gasteiger partial charge on any atom is 0.229 e. The molecule has 1 saturated heterocycles. The molecule has 1 aromatic carbocycles. The van der Waals surface area contributed by atoms with Crippen molar-refractivity contribution in [2.45, 2.75) is 39.0 Å². The van der Waals surface area contributed by atoms with Crippen LogP contribution in [0, 0.1) is 0 Å². The highest BCUT2D eigenvalue weighted by Crippen LogP contribution is 2.24. The van der Waals surface area contributed by atoms with Crippen LogP contribution in [0.3, 0.4) is 0 Å². The number of nitrogens with one attached hydrogen (secondary N) is 1. The summed E-state index contributed by atoms with van der Waals surface area (Å²) >= 11 is 6.09. The molecule has 1 fully saturated rings. The van der Waals surface area contributed by atoms with Crippen LogP contribution >= 0.6 is 11.6 Å². The number of pyridine rings is 1. The topological polar surface area (TPSA) is 76.1 Å². The van der Waals surface area contributed by atoms with Gasteiger partial charge in [0.1, 0.15) is 11.6 Å². The van der Waals surface area contributed by atoms with E-state index < -0.39 is 0 Å². The first kappa shape index (κ1) is 21.7. The zero-order valence-corrected chi connectivity index (χ0v) is 18.7. The molecule has 164 valence electrons. The van der Waals surface area contributed by atoms with Crippen molar-refractivity contribution in [2.24, 2.45) is 0 Å².